The predicted molar refractivity (Wildman–Crippen MR) is 136 cm³/mol. The molecular weight excluding hydrogens is 486 g/mol. The van der Waals surface area contributed by atoms with E-state index < -0.39 is 20.0 Å². The Bertz CT molecular complexity index is 1380. The molecule has 1 aliphatic heterocycles. The highest BCUT2D eigenvalue weighted by Gasteiger charge is 2.27. The van der Waals surface area contributed by atoms with Gasteiger partial charge < -0.3 is 5.32 Å². The molecule has 1 fully saturated rings. The maximum atomic E-state index is 12.7. The lowest BCUT2D eigenvalue weighted by Crippen LogP contribution is -2.29. The second kappa shape index (κ2) is 10.2. The predicted octanol–water partition coefficient (Wildman–Crippen LogP) is 3.69. The Hall–Kier alpha value is -3.21. The fourth-order valence-electron chi connectivity index (χ4n) is 3.92. The van der Waals surface area contributed by atoms with Gasteiger partial charge in [0.15, 0.2) is 0 Å². The normalized spacial score (nSPS) is 14.5. The molecule has 0 spiro atoms. The highest BCUT2D eigenvalue weighted by molar-refractivity contribution is 7.92. The molecule has 3 aromatic carbocycles. The molecule has 0 atom stereocenters. The summed E-state index contributed by atoms with van der Waals surface area (Å²) in [6, 6.07) is 21.6. The Kier molecular flexibility index (Phi) is 7.25. The lowest BCUT2D eigenvalue weighted by atomic mass is 10.1. The summed E-state index contributed by atoms with van der Waals surface area (Å²) in [5, 5.41) is 2.75. The van der Waals surface area contributed by atoms with Crippen molar-refractivity contribution in [3.05, 3.63) is 90.0 Å². The lowest BCUT2D eigenvalue weighted by Gasteiger charge is -2.22. The van der Waals surface area contributed by atoms with Crippen LogP contribution in [-0.2, 0) is 26.6 Å². The van der Waals surface area contributed by atoms with Gasteiger partial charge in [0.2, 0.25) is 20.0 Å². The molecule has 1 N–H and O–H groups in total. The third kappa shape index (κ3) is 5.90. The van der Waals surface area contributed by atoms with Gasteiger partial charge in [0.1, 0.15) is 0 Å². The average Bonchev–Trinajstić information content (AvgIpc) is 3.39. The van der Waals surface area contributed by atoms with E-state index in [0.29, 0.717) is 30.0 Å². The van der Waals surface area contributed by atoms with E-state index >= 15 is 0 Å². The van der Waals surface area contributed by atoms with Crippen LogP contribution in [-0.4, -0.2) is 46.4 Å². The molecule has 10 heteroatoms. The number of nitrogens with zero attached hydrogens (tertiary/aromatic N) is 2. The summed E-state index contributed by atoms with van der Waals surface area (Å²) >= 11 is 0. The fourth-order valence-corrected chi connectivity index (χ4v) is 6.32. The van der Waals surface area contributed by atoms with Crippen LogP contribution in [0, 0.1) is 0 Å². The van der Waals surface area contributed by atoms with Gasteiger partial charge in [0.25, 0.3) is 5.91 Å². The zero-order valence-corrected chi connectivity index (χ0v) is 20.9. The number of hydrogen-bond acceptors (Lipinski definition) is 5. The van der Waals surface area contributed by atoms with Crippen LogP contribution in [0.3, 0.4) is 0 Å². The Morgan fingerprint density at radius 1 is 0.857 bits per heavy atom. The van der Waals surface area contributed by atoms with Gasteiger partial charge in [-0.05, 0) is 66.9 Å². The molecular formula is C25H27N3O5S2. The van der Waals surface area contributed by atoms with Crippen molar-refractivity contribution in [1.82, 2.24) is 4.31 Å². The van der Waals surface area contributed by atoms with Crippen molar-refractivity contribution in [1.29, 1.82) is 0 Å². The fraction of sp³-hybridized carbons (Fsp3) is 0.240. The summed E-state index contributed by atoms with van der Waals surface area (Å²) in [7, 11) is -7.06. The number of hydrogen-bond donors (Lipinski definition) is 1. The van der Waals surface area contributed by atoms with Gasteiger partial charge >= 0.3 is 0 Å². The second-order valence-electron chi connectivity index (χ2n) is 8.39. The molecule has 0 aliphatic carbocycles. The van der Waals surface area contributed by atoms with Gasteiger partial charge in [-0.1, -0.05) is 30.3 Å². The monoisotopic (exact) mass is 513 g/mol. The molecule has 184 valence electrons. The summed E-state index contributed by atoms with van der Waals surface area (Å²) in [4.78, 5) is 12.9. The highest BCUT2D eigenvalue weighted by Crippen LogP contribution is 2.24. The first-order chi connectivity index (χ1) is 16.6. The first-order valence-corrected chi connectivity index (χ1v) is 14.5. The molecule has 3 aromatic rings. The first kappa shape index (κ1) is 24.9. The van der Waals surface area contributed by atoms with Gasteiger partial charge in [-0.2, -0.15) is 4.31 Å². The number of benzene rings is 3. The molecule has 1 heterocycles. The standard InChI is InChI=1S/C25H27N3O5S2/c1-34(30,31)28(19-20-7-3-2-4-8-20)23-13-9-21(10-14-23)25(29)26-22-11-15-24(16-12-22)35(32,33)27-17-5-6-18-27/h2-4,7-16H,5-6,17-19H2,1H3,(H,26,29). The van der Waals surface area contributed by atoms with Gasteiger partial charge in [-0.3, -0.25) is 9.10 Å². The Morgan fingerprint density at radius 2 is 1.46 bits per heavy atom. The summed E-state index contributed by atoms with van der Waals surface area (Å²) in [5.41, 5.74) is 2.09. The number of rotatable bonds is 8. The van der Waals surface area contributed by atoms with Gasteiger partial charge in [-0.15, -0.1) is 0 Å². The molecule has 1 amide bonds. The number of carbonyl (C=O) groups is 1. The quantitative estimate of drug-likeness (QED) is 0.495. The Labute approximate surface area is 206 Å². The third-order valence-corrected chi connectivity index (χ3v) is 8.86. The summed E-state index contributed by atoms with van der Waals surface area (Å²) in [6.07, 6.45) is 2.87. The van der Waals surface area contributed by atoms with Crippen LogP contribution in [0.25, 0.3) is 0 Å². The van der Waals surface area contributed by atoms with Crippen LogP contribution >= 0.6 is 0 Å². The van der Waals surface area contributed by atoms with E-state index in [0.717, 1.165) is 24.7 Å². The minimum Gasteiger partial charge on any atom is -0.322 e. The van der Waals surface area contributed by atoms with Crippen molar-refractivity contribution in [2.24, 2.45) is 0 Å². The average molecular weight is 514 g/mol. The lowest BCUT2D eigenvalue weighted by molar-refractivity contribution is 0.102. The van der Waals surface area contributed by atoms with Gasteiger partial charge in [0, 0.05) is 24.3 Å². The van der Waals surface area contributed by atoms with Crippen molar-refractivity contribution in [3.8, 4) is 0 Å². The minimum atomic E-state index is -3.54. The van der Waals surface area contributed by atoms with E-state index in [2.05, 4.69) is 5.32 Å². The number of carbonyl (C=O) groups excluding carboxylic acids is 1. The maximum Gasteiger partial charge on any atom is 0.255 e. The van der Waals surface area contributed by atoms with E-state index in [1.165, 1.54) is 20.7 Å². The van der Waals surface area contributed by atoms with E-state index in [1.54, 1.807) is 36.4 Å². The van der Waals surface area contributed by atoms with Crippen molar-refractivity contribution in [2.45, 2.75) is 24.3 Å². The van der Waals surface area contributed by atoms with Crippen LogP contribution in [0.4, 0.5) is 11.4 Å². The van der Waals surface area contributed by atoms with E-state index in [1.807, 2.05) is 30.3 Å². The van der Waals surface area contributed by atoms with Crippen molar-refractivity contribution >= 4 is 37.3 Å². The number of sulfonamides is 2. The maximum absolute atomic E-state index is 12.7. The van der Waals surface area contributed by atoms with Crippen LogP contribution < -0.4 is 9.62 Å². The molecule has 0 saturated carbocycles. The largest absolute Gasteiger partial charge is 0.322 e. The molecule has 8 nitrogen and oxygen atoms in total. The first-order valence-electron chi connectivity index (χ1n) is 11.2. The van der Waals surface area contributed by atoms with Gasteiger partial charge in [-0.25, -0.2) is 16.8 Å². The molecule has 1 saturated heterocycles. The van der Waals surface area contributed by atoms with Crippen LogP contribution in [0.15, 0.2) is 83.8 Å². The molecule has 0 unspecified atom stereocenters. The van der Waals surface area contributed by atoms with Crippen molar-refractivity contribution < 1.29 is 21.6 Å². The number of amides is 1. The van der Waals surface area contributed by atoms with Gasteiger partial charge in [0.05, 0.1) is 23.4 Å². The summed E-state index contributed by atoms with van der Waals surface area (Å²) in [5.74, 6) is -0.388. The molecule has 35 heavy (non-hydrogen) atoms. The number of anilines is 2. The van der Waals surface area contributed by atoms with Crippen molar-refractivity contribution in [3.63, 3.8) is 0 Å². The van der Waals surface area contributed by atoms with Crippen LogP contribution in [0.5, 0.6) is 0 Å². The van der Waals surface area contributed by atoms with Crippen LogP contribution in [0.2, 0.25) is 0 Å². The Balaban J connectivity index is 1.46. The smallest absolute Gasteiger partial charge is 0.255 e. The minimum absolute atomic E-state index is 0.178. The molecule has 1 aliphatic rings. The molecule has 0 bridgehead atoms. The number of nitrogens with one attached hydrogen (secondary N) is 1. The highest BCUT2D eigenvalue weighted by atomic mass is 32.2. The Morgan fingerprint density at radius 3 is 2.03 bits per heavy atom. The van der Waals surface area contributed by atoms with Crippen molar-refractivity contribution in [2.75, 3.05) is 29.0 Å². The van der Waals surface area contributed by atoms with E-state index in [4.69, 9.17) is 0 Å². The topological polar surface area (TPSA) is 104 Å². The van der Waals surface area contributed by atoms with Crippen LogP contribution in [0.1, 0.15) is 28.8 Å². The third-order valence-electron chi connectivity index (χ3n) is 5.80. The summed E-state index contributed by atoms with van der Waals surface area (Å²) in [6.45, 7) is 1.23. The molecule has 0 radical (unpaired) electrons. The molecule has 0 aromatic heterocycles. The second-order valence-corrected chi connectivity index (χ2v) is 12.2. The SMILES string of the molecule is CS(=O)(=O)N(Cc1ccccc1)c1ccc(C(=O)Nc2ccc(S(=O)(=O)N3CCCC3)cc2)cc1. The van der Waals surface area contributed by atoms with E-state index in [-0.39, 0.29) is 17.3 Å². The summed E-state index contributed by atoms with van der Waals surface area (Å²) < 4.78 is 52.8. The van der Waals surface area contributed by atoms with E-state index in [9.17, 15) is 21.6 Å². The zero-order chi connectivity index (χ0) is 25.1. The molecule has 4 rings (SSSR count). The zero-order valence-electron chi connectivity index (χ0n) is 19.3.